The Morgan fingerprint density at radius 2 is 2.05 bits per heavy atom. The molecule has 1 heterocycles. The molecule has 1 unspecified atom stereocenters. The number of hydrogen-bond donors (Lipinski definition) is 1. The number of hydrogen-bond acceptors (Lipinski definition) is 2. The van der Waals surface area contributed by atoms with E-state index < -0.39 is 0 Å². The van der Waals surface area contributed by atoms with Crippen LogP contribution in [0.15, 0.2) is 24.3 Å². The second-order valence-corrected chi connectivity index (χ2v) is 7.16. The minimum atomic E-state index is 0.266. The van der Waals surface area contributed by atoms with Crippen LogP contribution in [0.1, 0.15) is 46.5 Å². The Labute approximate surface area is 130 Å². The molecule has 0 radical (unpaired) electrons. The molecule has 1 aromatic heterocycles. The van der Waals surface area contributed by atoms with Crippen molar-refractivity contribution in [2.24, 2.45) is 0 Å². The lowest BCUT2D eigenvalue weighted by Crippen LogP contribution is -2.21. The summed E-state index contributed by atoms with van der Waals surface area (Å²) in [4.78, 5) is 1.31. The van der Waals surface area contributed by atoms with Crippen LogP contribution in [-0.4, -0.2) is 6.54 Å². The van der Waals surface area contributed by atoms with E-state index in [1.807, 2.05) is 0 Å². The Morgan fingerprint density at radius 1 is 1.25 bits per heavy atom. The van der Waals surface area contributed by atoms with Crippen LogP contribution in [0, 0.1) is 6.92 Å². The maximum Gasteiger partial charge on any atom is 0.0961 e. The van der Waals surface area contributed by atoms with Crippen LogP contribution in [0.25, 0.3) is 0 Å². The minimum Gasteiger partial charge on any atom is -0.306 e. The van der Waals surface area contributed by atoms with Crippen molar-refractivity contribution in [1.82, 2.24) is 5.32 Å². The highest BCUT2D eigenvalue weighted by Crippen LogP contribution is 2.35. The lowest BCUT2D eigenvalue weighted by atomic mass is 9.99. The van der Waals surface area contributed by atoms with E-state index in [1.54, 1.807) is 11.3 Å². The molecule has 1 aromatic carbocycles. The first-order valence-corrected chi connectivity index (χ1v) is 8.49. The Morgan fingerprint density at radius 3 is 2.75 bits per heavy atom. The average Bonchev–Trinajstić information content (AvgIpc) is 3.02. The quantitative estimate of drug-likeness (QED) is 0.847. The van der Waals surface area contributed by atoms with E-state index in [9.17, 15) is 0 Å². The molecule has 3 heteroatoms. The van der Waals surface area contributed by atoms with Gasteiger partial charge in [0.25, 0.3) is 0 Å². The average molecular weight is 306 g/mol. The summed E-state index contributed by atoms with van der Waals surface area (Å²) in [6.07, 6.45) is 3.77. The monoisotopic (exact) mass is 305 g/mol. The molecule has 106 valence electrons. The third kappa shape index (κ3) is 2.65. The van der Waals surface area contributed by atoms with Crippen LogP contribution >= 0.6 is 22.9 Å². The molecular weight excluding hydrogens is 286 g/mol. The number of rotatable bonds is 4. The zero-order valence-corrected chi connectivity index (χ0v) is 13.6. The second kappa shape index (κ2) is 5.88. The summed E-state index contributed by atoms with van der Waals surface area (Å²) in [5, 5.41) is 3.60. The molecule has 20 heavy (non-hydrogen) atoms. The molecule has 0 amide bonds. The minimum absolute atomic E-state index is 0.266. The fourth-order valence-corrected chi connectivity index (χ4v) is 4.31. The molecule has 0 fully saturated rings. The van der Waals surface area contributed by atoms with E-state index in [1.165, 1.54) is 46.4 Å². The molecule has 0 bridgehead atoms. The fourth-order valence-electron chi connectivity index (χ4n) is 2.98. The Balaban J connectivity index is 1.98. The van der Waals surface area contributed by atoms with Crippen molar-refractivity contribution >= 4 is 22.9 Å². The van der Waals surface area contributed by atoms with Gasteiger partial charge in [-0.25, -0.2) is 0 Å². The lowest BCUT2D eigenvalue weighted by molar-refractivity contribution is 0.639. The van der Waals surface area contributed by atoms with Crippen molar-refractivity contribution in [2.45, 2.75) is 39.2 Å². The third-order valence-corrected chi connectivity index (χ3v) is 5.64. The second-order valence-electron chi connectivity index (χ2n) is 5.48. The van der Waals surface area contributed by atoms with Crippen molar-refractivity contribution < 1.29 is 0 Å². The Bertz CT molecular complexity index is 598. The zero-order valence-electron chi connectivity index (χ0n) is 12.0. The summed E-state index contributed by atoms with van der Waals surface area (Å²) in [6, 6.07) is 9.46. The first-order valence-electron chi connectivity index (χ1n) is 7.30. The van der Waals surface area contributed by atoms with Gasteiger partial charge in [-0.1, -0.05) is 36.7 Å². The summed E-state index contributed by atoms with van der Waals surface area (Å²) in [5.74, 6) is 0. The highest BCUT2D eigenvalue weighted by atomic mass is 35.5. The SMILES string of the molecule is CCNC(c1ccc2c(c1)CCC2)c1cc(C)c(Cl)s1. The number of fused-ring (bicyclic) bond motifs is 1. The molecule has 1 nitrogen and oxygen atoms in total. The van der Waals surface area contributed by atoms with Crippen molar-refractivity contribution in [1.29, 1.82) is 0 Å². The van der Waals surface area contributed by atoms with Gasteiger partial charge in [0.15, 0.2) is 0 Å². The van der Waals surface area contributed by atoms with Gasteiger partial charge >= 0.3 is 0 Å². The van der Waals surface area contributed by atoms with Gasteiger partial charge in [0.05, 0.1) is 10.4 Å². The van der Waals surface area contributed by atoms with Gasteiger partial charge in [0, 0.05) is 4.88 Å². The standard InChI is InChI=1S/C17H20ClNS/c1-3-19-16(15-9-11(2)17(18)20-15)14-8-7-12-5-4-6-13(12)10-14/h7-10,16,19H,3-6H2,1-2H3. The van der Waals surface area contributed by atoms with E-state index in [0.717, 1.165) is 10.9 Å². The van der Waals surface area contributed by atoms with Crippen LogP contribution in [0.4, 0.5) is 0 Å². The Hall–Kier alpha value is -0.830. The van der Waals surface area contributed by atoms with E-state index in [2.05, 4.69) is 43.4 Å². The Kier molecular flexibility index (Phi) is 4.16. The summed E-state index contributed by atoms with van der Waals surface area (Å²) < 4.78 is 0.907. The predicted octanol–water partition coefficient (Wildman–Crippen LogP) is 4.90. The number of benzene rings is 1. The molecule has 0 spiro atoms. The highest BCUT2D eigenvalue weighted by molar-refractivity contribution is 7.16. The number of thiophene rings is 1. The molecule has 1 N–H and O–H groups in total. The molecule has 0 aliphatic heterocycles. The zero-order chi connectivity index (χ0) is 14.1. The van der Waals surface area contributed by atoms with Crippen molar-refractivity contribution in [2.75, 3.05) is 6.54 Å². The van der Waals surface area contributed by atoms with E-state index in [0.29, 0.717) is 0 Å². The largest absolute Gasteiger partial charge is 0.306 e. The predicted molar refractivity (Wildman–Crippen MR) is 88.1 cm³/mol. The van der Waals surface area contributed by atoms with Crippen molar-refractivity contribution in [3.63, 3.8) is 0 Å². The molecule has 0 saturated heterocycles. The van der Waals surface area contributed by atoms with Crippen molar-refractivity contribution in [3.8, 4) is 0 Å². The first kappa shape index (κ1) is 14.1. The van der Waals surface area contributed by atoms with Gasteiger partial charge in [0.2, 0.25) is 0 Å². The third-order valence-electron chi connectivity index (χ3n) is 4.02. The van der Waals surface area contributed by atoms with Gasteiger partial charge < -0.3 is 5.32 Å². The van der Waals surface area contributed by atoms with Gasteiger partial charge in [-0.2, -0.15) is 0 Å². The van der Waals surface area contributed by atoms with Crippen LogP contribution in [-0.2, 0) is 12.8 Å². The van der Waals surface area contributed by atoms with Crippen LogP contribution in [0.3, 0.4) is 0 Å². The van der Waals surface area contributed by atoms with Gasteiger partial charge in [-0.15, -0.1) is 11.3 Å². The summed E-state index contributed by atoms with van der Waals surface area (Å²) in [6.45, 7) is 5.19. The summed E-state index contributed by atoms with van der Waals surface area (Å²) in [5.41, 5.74) is 5.61. The van der Waals surface area contributed by atoms with Crippen molar-refractivity contribution in [3.05, 3.63) is 55.7 Å². The summed E-state index contributed by atoms with van der Waals surface area (Å²) in [7, 11) is 0. The summed E-state index contributed by atoms with van der Waals surface area (Å²) >= 11 is 7.94. The molecule has 1 atom stereocenters. The van der Waals surface area contributed by atoms with Crippen LogP contribution in [0.5, 0.6) is 0 Å². The fraction of sp³-hybridized carbons (Fsp3) is 0.412. The molecule has 0 saturated carbocycles. The van der Waals surface area contributed by atoms with Crippen LogP contribution < -0.4 is 5.32 Å². The molecule has 3 rings (SSSR count). The van der Waals surface area contributed by atoms with Crippen LogP contribution in [0.2, 0.25) is 4.34 Å². The maximum absolute atomic E-state index is 6.25. The molecule has 1 aliphatic rings. The van der Waals surface area contributed by atoms with Gasteiger partial charge in [0.1, 0.15) is 0 Å². The highest BCUT2D eigenvalue weighted by Gasteiger charge is 2.19. The number of halogens is 1. The topological polar surface area (TPSA) is 12.0 Å². The molecule has 2 aromatic rings. The van der Waals surface area contributed by atoms with E-state index >= 15 is 0 Å². The van der Waals surface area contributed by atoms with Gasteiger partial charge in [-0.05, 0) is 61.1 Å². The van der Waals surface area contributed by atoms with E-state index in [-0.39, 0.29) is 6.04 Å². The van der Waals surface area contributed by atoms with Gasteiger partial charge in [-0.3, -0.25) is 0 Å². The van der Waals surface area contributed by atoms with E-state index in [4.69, 9.17) is 11.6 Å². The molecule has 1 aliphatic carbocycles. The molecular formula is C17H20ClNS. The lowest BCUT2D eigenvalue weighted by Gasteiger charge is -2.18. The first-order chi connectivity index (χ1) is 9.69. The number of nitrogens with one attached hydrogen (secondary N) is 1. The number of aryl methyl sites for hydroxylation is 3. The smallest absolute Gasteiger partial charge is 0.0961 e. The normalized spacial score (nSPS) is 15.3. The maximum atomic E-state index is 6.25.